The molecule has 25 heavy (non-hydrogen) atoms. The molecule has 0 spiro atoms. The van der Waals surface area contributed by atoms with Crippen LogP contribution in [0.4, 0.5) is 4.79 Å². The van der Waals surface area contributed by atoms with Gasteiger partial charge < -0.3 is 15.1 Å². The van der Waals surface area contributed by atoms with E-state index in [0.29, 0.717) is 31.7 Å². The number of hydrogen-bond donors (Lipinski definition) is 3. The predicted octanol–water partition coefficient (Wildman–Crippen LogP) is 2.05. The van der Waals surface area contributed by atoms with Gasteiger partial charge >= 0.3 is 12.0 Å². The van der Waals surface area contributed by atoms with Crippen LogP contribution < -0.4 is 5.32 Å². The number of hydrogen-bond acceptors (Lipinski definition) is 4. The minimum atomic E-state index is -0.847. The first-order chi connectivity index (χ1) is 12.0. The molecular weight excluding hydrogens is 324 g/mol. The van der Waals surface area contributed by atoms with Crippen LogP contribution in [0.2, 0.25) is 0 Å². The Morgan fingerprint density at radius 2 is 2.00 bits per heavy atom. The monoisotopic (exact) mass is 352 g/mol. The van der Waals surface area contributed by atoms with Gasteiger partial charge in [0.25, 0.3) is 5.91 Å². The van der Waals surface area contributed by atoms with Crippen LogP contribution >= 0.6 is 0 Å². The first-order valence-corrected chi connectivity index (χ1v) is 9.17. The van der Waals surface area contributed by atoms with Crippen LogP contribution in [-0.4, -0.2) is 51.7 Å². The third-order valence-electron chi connectivity index (χ3n) is 5.03. The van der Waals surface area contributed by atoms with E-state index in [1.165, 1.54) is 11.3 Å². The highest BCUT2D eigenvalue weighted by Crippen LogP contribution is 2.28. The molecule has 2 aliphatic rings. The maximum Gasteiger partial charge on any atom is 0.325 e. The summed E-state index contributed by atoms with van der Waals surface area (Å²) < 4.78 is 0. The number of carbonyl (C=O) groups is 3. The normalized spacial score (nSPS) is 23.2. The molecule has 140 valence electrons. The average Bonchev–Trinajstić information content (AvgIpc) is 2.86. The molecule has 1 saturated carbocycles. The molecular formula is C18H28N2O5. The van der Waals surface area contributed by atoms with Gasteiger partial charge in [-0.25, -0.2) is 4.79 Å². The Kier molecular flexibility index (Phi) is 7.43. The number of urea groups is 1. The summed E-state index contributed by atoms with van der Waals surface area (Å²) in [5.41, 5.74) is 0. The molecule has 1 heterocycles. The summed E-state index contributed by atoms with van der Waals surface area (Å²) in [5.74, 6) is -0.924. The molecule has 2 atom stereocenters. The smallest absolute Gasteiger partial charge is 0.325 e. The van der Waals surface area contributed by atoms with Crippen LogP contribution in [0.1, 0.15) is 57.8 Å². The molecule has 7 nitrogen and oxygen atoms in total. The highest BCUT2D eigenvalue weighted by atomic mass is 16.4. The van der Waals surface area contributed by atoms with Gasteiger partial charge in [0.15, 0.2) is 0 Å². The highest BCUT2D eigenvalue weighted by Gasteiger charge is 2.36. The van der Waals surface area contributed by atoms with Gasteiger partial charge in [-0.05, 0) is 38.0 Å². The number of unbranched alkanes of at least 4 members (excludes halogenated alkanes) is 1. The Morgan fingerprint density at radius 1 is 1.28 bits per heavy atom. The van der Waals surface area contributed by atoms with Crippen molar-refractivity contribution in [2.45, 2.75) is 69.9 Å². The van der Waals surface area contributed by atoms with Gasteiger partial charge in [0.1, 0.15) is 6.04 Å². The topological polar surface area (TPSA) is 107 Å². The van der Waals surface area contributed by atoms with E-state index in [1.54, 1.807) is 12.2 Å². The van der Waals surface area contributed by atoms with E-state index < -0.39 is 24.1 Å². The molecule has 7 heteroatoms. The van der Waals surface area contributed by atoms with Crippen molar-refractivity contribution in [1.82, 2.24) is 10.2 Å². The number of carboxylic acid groups (broad SMARTS) is 1. The number of rotatable bonds is 9. The lowest BCUT2D eigenvalue weighted by atomic mass is 9.84. The summed E-state index contributed by atoms with van der Waals surface area (Å²) in [7, 11) is 0. The summed E-state index contributed by atoms with van der Waals surface area (Å²) in [6, 6.07) is -1.10. The quantitative estimate of drug-likeness (QED) is 0.334. The zero-order valence-electron chi connectivity index (χ0n) is 14.5. The number of amides is 3. The molecule has 0 aromatic carbocycles. The predicted molar refractivity (Wildman–Crippen MR) is 91.9 cm³/mol. The van der Waals surface area contributed by atoms with Crippen molar-refractivity contribution in [2.24, 2.45) is 5.92 Å². The van der Waals surface area contributed by atoms with Crippen molar-refractivity contribution in [3.63, 3.8) is 0 Å². The lowest BCUT2D eigenvalue weighted by molar-refractivity contribution is -0.137. The number of carboxylic acids is 1. The molecule has 1 saturated heterocycles. The maximum absolute atomic E-state index is 12.0. The zero-order valence-corrected chi connectivity index (χ0v) is 14.5. The third-order valence-corrected chi connectivity index (χ3v) is 5.03. The number of imide groups is 1. The van der Waals surface area contributed by atoms with Crippen molar-refractivity contribution in [1.29, 1.82) is 0 Å². The number of allylic oxidation sites excluding steroid dienone is 1. The average molecular weight is 352 g/mol. The van der Waals surface area contributed by atoms with Crippen LogP contribution in [-0.2, 0) is 9.59 Å². The van der Waals surface area contributed by atoms with E-state index in [4.69, 9.17) is 5.11 Å². The number of nitrogens with zero attached hydrogens (tertiary/aromatic N) is 1. The minimum Gasteiger partial charge on any atom is -0.481 e. The molecule has 3 amide bonds. The van der Waals surface area contributed by atoms with Gasteiger partial charge in [-0.2, -0.15) is 0 Å². The number of nitrogens with one attached hydrogen (secondary N) is 1. The Balaban J connectivity index is 1.83. The maximum atomic E-state index is 12.0. The van der Waals surface area contributed by atoms with Crippen molar-refractivity contribution in [2.75, 3.05) is 6.54 Å². The van der Waals surface area contributed by atoms with Crippen LogP contribution in [0.25, 0.3) is 0 Å². The second kappa shape index (κ2) is 9.56. The van der Waals surface area contributed by atoms with Gasteiger partial charge in [-0.15, -0.1) is 0 Å². The van der Waals surface area contributed by atoms with Gasteiger partial charge in [0.2, 0.25) is 0 Å². The third kappa shape index (κ3) is 5.85. The number of carbonyl (C=O) groups excluding carboxylic acids is 2. The molecule has 0 aromatic heterocycles. The molecule has 1 aliphatic heterocycles. The van der Waals surface area contributed by atoms with Gasteiger partial charge in [-0.1, -0.05) is 31.4 Å². The first-order valence-electron chi connectivity index (χ1n) is 9.17. The van der Waals surface area contributed by atoms with Gasteiger partial charge in [-0.3, -0.25) is 14.9 Å². The van der Waals surface area contributed by atoms with Crippen LogP contribution in [0.5, 0.6) is 0 Å². The molecule has 2 unspecified atom stereocenters. The van der Waals surface area contributed by atoms with Gasteiger partial charge in [0, 0.05) is 13.0 Å². The zero-order chi connectivity index (χ0) is 18.2. The number of aliphatic hydroxyl groups excluding tert-OH is 1. The first kappa shape index (κ1) is 19.4. The molecule has 2 rings (SSSR count). The summed E-state index contributed by atoms with van der Waals surface area (Å²) in [6.07, 6.45) is 10.1. The summed E-state index contributed by atoms with van der Waals surface area (Å²) >= 11 is 0. The Morgan fingerprint density at radius 3 is 2.68 bits per heavy atom. The van der Waals surface area contributed by atoms with Crippen molar-refractivity contribution in [3.05, 3.63) is 12.2 Å². The summed E-state index contributed by atoms with van der Waals surface area (Å²) in [5, 5.41) is 21.3. The van der Waals surface area contributed by atoms with Crippen molar-refractivity contribution in [3.8, 4) is 0 Å². The molecule has 0 radical (unpaired) electrons. The van der Waals surface area contributed by atoms with Crippen LogP contribution in [0.15, 0.2) is 12.2 Å². The van der Waals surface area contributed by atoms with Crippen LogP contribution in [0.3, 0.4) is 0 Å². The van der Waals surface area contributed by atoms with Crippen LogP contribution in [0, 0.1) is 5.92 Å². The lowest BCUT2D eigenvalue weighted by Gasteiger charge is -2.28. The fourth-order valence-corrected chi connectivity index (χ4v) is 3.57. The second-order valence-electron chi connectivity index (χ2n) is 6.90. The van der Waals surface area contributed by atoms with Crippen molar-refractivity contribution < 1.29 is 24.6 Å². The Labute approximate surface area is 148 Å². The Hall–Kier alpha value is -1.89. The number of aliphatic carboxylic acids is 1. The SMILES string of the molecule is O=C(O)CCCC=CC1C(=O)NC(=O)N1CCC(O)C1CCCCC1. The minimum absolute atomic E-state index is 0.0808. The van der Waals surface area contributed by atoms with E-state index in [0.717, 1.165) is 25.7 Å². The highest BCUT2D eigenvalue weighted by molar-refractivity contribution is 6.05. The fraction of sp³-hybridized carbons (Fsp3) is 0.722. The van der Waals surface area contributed by atoms with E-state index in [9.17, 15) is 19.5 Å². The van der Waals surface area contributed by atoms with E-state index in [2.05, 4.69) is 5.32 Å². The van der Waals surface area contributed by atoms with Gasteiger partial charge in [0.05, 0.1) is 6.10 Å². The standard InChI is InChI=1S/C18H28N2O5/c21-15(13-7-3-1-4-8-13)11-12-20-14(17(24)19-18(20)25)9-5-2-6-10-16(22)23/h5,9,13-15,21H,1-4,6-8,10-12H2,(H,22,23)(H,19,24,25). The van der Waals surface area contributed by atoms with E-state index in [1.807, 2.05) is 0 Å². The van der Waals surface area contributed by atoms with E-state index >= 15 is 0 Å². The second-order valence-corrected chi connectivity index (χ2v) is 6.90. The van der Waals surface area contributed by atoms with Crippen molar-refractivity contribution >= 4 is 17.9 Å². The lowest BCUT2D eigenvalue weighted by Crippen LogP contribution is -2.37. The molecule has 3 N–H and O–H groups in total. The summed E-state index contributed by atoms with van der Waals surface area (Å²) in [6.45, 7) is 0.333. The molecule has 0 aromatic rings. The number of aliphatic hydroxyl groups is 1. The Bertz CT molecular complexity index is 514. The van der Waals surface area contributed by atoms with E-state index in [-0.39, 0.29) is 12.3 Å². The molecule has 2 fully saturated rings. The fourth-order valence-electron chi connectivity index (χ4n) is 3.57. The summed E-state index contributed by atoms with van der Waals surface area (Å²) in [4.78, 5) is 35.8. The molecule has 0 bridgehead atoms. The largest absolute Gasteiger partial charge is 0.481 e. The molecule has 1 aliphatic carbocycles.